The molecule has 6 heteroatoms. The predicted octanol–water partition coefficient (Wildman–Crippen LogP) is 3.08. The lowest BCUT2D eigenvalue weighted by Crippen LogP contribution is -2.27. The number of carbonyl (C=O) groups excluding carboxylic acids is 1. The summed E-state index contributed by atoms with van der Waals surface area (Å²) in [6.07, 6.45) is 0.225. The highest BCUT2D eigenvalue weighted by molar-refractivity contribution is 7.16. The van der Waals surface area contributed by atoms with E-state index >= 15 is 0 Å². The molecule has 0 bridgehead atoms. The number of thiophene rings is 1. The SMILES string of the molecule is CC(CC(=O)O)CC(=O)NC(C)c1ccc(Cl)s1. The first-order valence-corrected chi connectivity index (χ1v) is 6.84. The number of aliphatic carboxylic acids is 1. The molecule has 0 saturated carbocycles. The molecule has 0 saturated heterocycles. The average Bonchev–Trinajstić information content (AvgIpc) is 2.62. The molecule has 18 heavy (non-hydrogen) atoms. The first kappa shape index (κ1) is 15.0. The molecule has 0 fully saturated rings. The number of hydrogen-bond donors (Lipinski definition) is 2. The maximum Gasteiger partial charge on any atom is 0.303 e. The Hall–Kier alpha value is -1.07. The van der Waals surface area contributed by atoms with Gasteiger partial charge in [-0.25, -0.2) is 0 Å². The molecule has 4 nitrogen and oxygen atoms in total. The van der Waals surface area contributed by atoms with Crippen molar-refractivity contribution in [2.45, 2.75) is 32.7 Å². The zero-order valence-electron chi connectivity index (χ0n) is 10.3. The Bertz CT molecular complexity index is 433. The van der Waals surface area contributed by atoms with Crippen molar-refractivity contribution in [3.8, 4) is 0 Å². The number of nitrogens with one attached hydrogen (secondary N) is 1. The van der Waals surface area contributed by atoms with Crippen LogP contribution in [-0.2, 0) is 9.59 Å². The van der Waals surface area contributed by atoms with Gasteiger partial charge < -0.3 is 10.4 Å². The molecule has 0 spiro atoms. The molecule has 0 aromatic carbocycles. The lowest BCUT2D eigenvalue weighted by molar-refractivity contribution is -0.138. The highest BCUT2D eigenvalue weighted by Crippen LogP contribution is 2.26. The molecule has 1 amide bonds. The van der Waals surface area contributed by atoms with Crippen LogP contribution in [0, 0.1) is 5.92 Å². The maximum atomic E-state index is 11.7. The van der Waals surface area contributed by atoms with Crippen LogP contribution < -0.4 is 5.32 Å². The minimum Gasteiger partial charge on any atom is -0.481 e. The van der Waals surface area contributed by atoms with Gasteiger partial charge in [-0.15, -0.1) is 11.3 Å². The van der Waals surface area contributed by atoms with Crippen molar-refractivity contribution >= 4 is 34.8 Å². The van der Waals surface area contributed by atoms with Crippen molar-refractivity contribution in [2.75, 3.05) is 0 Å². The summed E-state index contributed by atoms with van der Waals surface area (Å²) in [7, 11) is 0. The van der Waals surface area contributed by atoms with E-state index in [1.807, 2.05) is 13.0 Å². The summed E-state index contributed by atoms with van der Waals surface area (Å²) in [5.41, 5.74) is 0. The molecule has 0 radical (unpaired) electrons. The summed E-state index contributed by atoms with van der Waals surface area (Å²) in [5.74, 6) is -1.18. The van der Waals surface area contributed by atoms with Crippen LogP contribution in [-0.4, -0.2) is 17.0 Å². The van der Waals surface area contributed by atoms with E-state index in [-0.39, 0.29) is 30.7 Å². The van der Waals surface area contributed by atoms with E-state index in [0.717, 1.165) is 4.88 Å². The number of amides is 1. The van der Waals surface area contributed by atoms with Crippen LogP contribution in [0.25, 0.3) is 0 Å². The number of hydrogen-bond acceptors (Lipinski definition) is 3. The highest BCUT2D eigenvalue weighted by Gasteiger charge is 2.15. The van der Waals surface area contributed by atoms with Gasteiger partial charge in [0.2, 0.25) is 5.91 Å². The smallest absolute Gasteiger partial charge is 0.303 e. The van der Waals surface area contributed by atoms with Crippen molar-refractivity contribution in [3.05, 3.63) is 21.3 Å². The first-order valence-electron chi connectivity index (χ1n) is 5.65. The molecule has 1 rings (SSSR count). The van der Waals surface area contributed by atoms with Gasteiger partial charge in [0.05, 0.1) is 10.4 Å². The Kier molecular flexibility index (Phi) is 5.62. The van der Waals surface area contributed by atoms with Gasteiger partial charge in [0.1, 0.15) is 0 Å². The van der Waals surface area contributed by atoms with Gasteiger partial charge in [-0.05, 0) is 25.0 Å². The Morgan fingerprint density at radius 1 is 1.39 bits per heavy atom. The van der Waals surface area contributed by atoms with Crippen LogP contribution in [0.3, 0.4) is 0 Å². The van der Waals surface area contributed by atoms with Crippen molar-refractivity contribution in [1.29, 1.82) is 0 Å². The average molecular weight is 290 g/mol. The topological polar surface area (TPSA) is 66.4 Å². The summed E-state index contributed by atoms with van der Waals surface area (Å²) in [4.78, 5) is 23.2. The van der Waals surface area contributed by atoms with Crippen molar-refractivity contribution in [3.63, 3.8) is 0 Å². The van der Waals surface area contributed by atoms with Crippen LogP contribution in [0.5, 0.6) is 0 Å². The van der Waals surface area contributed by atoms with E-state index in [2.05, 4.69) is 5.32 Å². The van der Waals surface area contributed by atoms with Gasteiger partial charge in [0.25, 0.3) is 0 Å². The van der Waals surface area contributed by atoms with Crippen LogP contribution in [0.4, 0.5) is 0 Å². The first-order chi connectivity index (χ1) is 8.38. The van der Waals surface area contributed by atoms with Crippen LogP contribution in [0.2, 0.25) is 4.34 Å². The Labute approximate surface area is 115 Å². The van der Waals surface area contributed by atoms with Gasteiger partial charge in [0, 0.05) is 17.7 Å². The van der Waals surface area contributed by atoms with Crippen molar-refractivity contribution in [2.24, 2.45) is 5.92 Å². The largest absolute Gasteiger partial charge is 0.481 e. The molecule has 2 N–H and O–H groups in total. The van der Waals surface area contributed by atoms with E-state index in [9.17, 15) is 9.59 Å². The van der Waals surface area contributed by atoms with Crippen molar-refractivity contribution < 1.29 is 14.7 Å². The third kappa shape index (κ3) is 5.06. The second-order valence-electron chi connectivity index (χ2n) is 4.34. The second-order valence-corrected chi connectivity index (χ2v) is 6.08. The number of carbonyl (C=O) groups is 2. The fourth-order valence-corrected chi connectivity index (χ4v) is 2.68. The molecule has 1 aromatic heterocycles. The Balaban J connectivity index is 2.42. The third-order valence-corrected chi connectivity index (χ3v) is 3.87. The zero-order valence-corrected chi connectivity index (χ0v) is 11.8. The quantitative estimate of drug-likeness (QED) is 0.846. The summed E-state index contributed by atoms with van der Waals surface area (Å²) in [5, 5.41) is 11.4. The van der Waals surface area contributed by atoms with Gasteiger partial charge in [0.15, 0.2) is 0 Å². The summed E-state index contributed by atoms with van der Waals surface area (Å²) in [6, 6.07) is 3.56. The van der Waals surface area contributed by atoms with E-state index in [4.69, 9.17) is 16.7 Å². The molecular formula is C12H16ClNO3S. The lowest BCUT2D eigenvalue weighted by atomic mass is 10.0. The highest BCUT2D eigenvalue weighted by atomic mass is 35.5. The molecule has 100 valence electrons. The Morgan fingerprint density at radius 2 is 2.06 bits per heavy atom. The van der Waals surface area contributed by atoms with E-state index in [1.54, 1.807) is 13.0 Å². The van der Waals surface area contributed by atoms with Crippen LogP contribution in [0.15, 0.2) is 12.1 Å². The second kappa shape index (κ2) is 6.75. The number of carboxylic acids is 1. The summed E-state index contributed by atoms with van der Waals surface area (Å²) in [6.45, 7) is 3.63. The molecule has 0 aliphatic rings. The van der Waals surface area contributed by atoms with E-state index in [1.165, 1.54) is 11.3 Å². The van der Waals surface area contributed by atoms with Gasteiger partial charge in [-0.1, -0.05) is 18.5 Å². The molecule has 2 atom stereocenters. The summed E-state index contributed by atoms with van der Waals surface area (Å²) < 4.78 is 0.686. The number of rotatable bonds is 6. The minimum atomic E-state index is -0.881. The van der Waals surface area contributed by atoms with Gasteiger partial charge in [-0.3, -0.25) is 9.59 Å². The fourth-order valence-electron chi connectivity index (χ4n) is 1.62. The molecule has 1 heterocycles. The Morgan fingerprint density at radius 3 is 2.56 bits per heavy atom. The maximum absolute atomic E-state index is 11.7. The third-order valence-electron chi connectivity index (χ3n) is 2.46. The van der Waals surface area contributed by atoms with Crippen molar-refractivity contribution in [1.82, 2.24) is 5.32 Å². The standard InChI is InChI=1S/C12H16ClNO3S/c1-7(6-12(16)17)5-11(15)14-8(2)9-3-4-10(13)18-9/h3-4,7-8H,5-6H2,1-2H3,(H,14,15)(H,16,17). The van der Waals surface area contributed by atoms with Crippen LogP contribution >= 0.6 is 22.9 Å². The molecule has 0 aliphatic carbocycles. The molecule has 1 aromatic rings. The minimum absolute atomic E-state index is 0.00658. The number of carboxylic acid groups (broad SMARTS) is 1. The molecule has 0 aliphatic heterocycles. The van der Waals surface area contributed by atoms with E-state index in [0.29, 0.717) is 4.34 Å². The monoisotopic (exact) mass is 289 g/mol. The van der Waals surface area contributed by atoms with E-state index < -0.39 is 5.97 Å². The van der Waals surface area contributed by atoms with Gasteiger partial charge >= 0.3 is 5.97 Å². The molecule has 2 unspecified atom stereocenters. The van der Waals surface area contributed by atoms with Crippen LogP contribution in [0.1, 0.15) is 37.6 Å². The number of halogens is 1. The lowest BCUT2D eigenvalue weighted by Gasteiger charge is -2.14. The summed E-state index contributed by atoms with van der Waals surface area (Å²) >= 11 is 7.25. The predicted molar refractivity (Wildman–Crippen MR) is 71.9 cm³/mol. The molecular weight excluding hydrogens is 274 g/mol. The normalized spacial score (nSPS) is 13.9. The van der Waals surface area contributed by atoms with Gasteiger partial charge in [-0.2, -0.15) is 0 Å². The fraction of sp³-hybridized carbons (Fsp3) is 0.500. The zero-order chi connectivity index (χ0) is 13.7.